The maximum Gasteiger partial charge on any atom is 0.311 e. The Labute approximate surface area is 91.2 Å². The third-order valence-corrected chi connectivity index (χ3v) is 3.53. The van der Waals surface area contributed by atoms with E-state index in [9.17, 15) is 9.59 Å². The molecule has 15 heavy (non-hydrogen) atoms. The summed E-state index contributed by atoms with van der Waals surface area (Å²) < 4.78 is 4.89. The Bertz CT molecular complexity index is 227. The second-order valence-corrected chi connectivity index (χ2v) is 4.50. The normalized spacial score (nSPS) is 30.9. The van der Waals surface area contributed by atoms with E-state index in [-0.39, 0.29) is 17.3 Å². The predicted molar refractivity (Wildman–Crippen MR) is 57.4 cm³/mol. The fourth-order valence-electron chi connectivity index (χ4n) is 2.58. The van der Waals surface area contributed by atoms with Crippen LogP contribution in [0.25, 0.3) is 0 Å². The molecule has 0 spiro atoms. The van der Waals surface area contributed by atoms with Crippen LogP contribution in [0.3, 0.4) is 0 Å². The highest BCUT2D eigenvalue weighted by molar-refractivity contribution is 5.77. The summed E-state index contributed by atoms with van der Waals surface area (Å²) in [7, 11) is 1.45. The summed E-state index contributed by atoms with van der Waals surface area (Å²) in [6.45, 7) is 2.08. The maximum atomic E-state index is 11.8. The average Bonchev–Trinajstić information content (AvgIpc) is 2.29. The molecule has 0 aromatic carbocycles. The van der Waals surface area contributed by atoms with Crippen LogP contribution >= 0.6 is 0 Å². The van der Waals surface area contributed by atoms with Crippen molar-refractivity contribution in [2.45, 2.75) is 45.4 Å². The minimum atomic E-state index is -0.303. The second-order valence-electron chi connectivity index (χ2n) is 4.50. The first kappa shape index (κ1) is 12.2. The van der Waals surface area contributed by atoms with E-state index in [1.165, 1.54) is 7.11 Å². The third kappa shape index (κ3) is 2.58. The van der Waals surface area contributed by atoms with E-state index in [0.29, 0.717) is 0 Å². The Morgan fingerprint density at radius 2 is 2.07 bits per heavy atom. The van der Waals surface area contributed by atoms with Crippen molar-refractivity contribution in [3.05, 3.63) is 0 Å². The number of rotatable bonds is 4. The van der Waals surface area contributed by atoms with Crippen LogP contribution in [-0.4, -0.2) is 19.4 Å². The van der Waals surface area contributed by atoms with Gasteiger partial charge in [0.1, 0.15) is 6.29 Å². The molecule has 1 rings (SSSR count). The fourth-order valence-corrected chi connectivity index (χ4v) is 2.58. The summed E-state index contributed by atoms with van der Waals surface area (Å²) in [5, 5.41) is 0. The lowest BCUT2D eigenvalue weighted by atomic mass is 9.68. The van der Waals surface area contributed by atoms with Gasteiger partial charge in [0.05, 0.1) is 12.5 Å². The molecule has 0 aromatic heterocycles. The van der Waals surface area contributed by atoms with Crippen molar-refractivity contribution in [2.24, 2.45) is 11.3 Å². The van der Waals surface area contributed by atoms with E-state index in [2.05, 4.69) is 6.92 Å². The number of carbonyl (C=O) groups excluding carboxylic acids is 2. The Morgan fingerprint density at radius 3 is 2.47 bits per heavy atom. The lowest BCUT2D eigenvalue weighted by Gasteiger charge is -2.36. The SMILES string of the molecule is CCCC1(C(=O)OC)CCC(C=O)CC1. The van der Waals surface area contributed by atoms with Crippen LogP contribution in [0.1, 0.15) is 45.4 Å². The summed E-state index contributed by atoms with van der Waals surface area (Å²) in [6.07, 6.45) is 6.16. The van der Waals surface area contributed by atoms with Gasteiger partial charge >= 0.3 is 5.97 Å². The average molecular weight is 212 g/mol. The highest BCUT2D eigenvalue weighted by Crippen LogP contribution is 2.42. The van der Waals surface area contributed by atoms with Crippen LogP contribution in [0.4, 0.5) is 0 Å². The van der Waals surface area contributed by atoms with Gasteiger partial charge in [0.25, 0.3) is 0 Å². The van der Waals surface area contributed by atoms with Crippen molar-refractivity contribution in [1.29, 1.82) is 0 Å². The summed E-state index contributed by atoms with van der Waals surface area (Å²) in [6, 6.07) is 0. The molecule has 3 nitrogen and oxygen atoms in total. The zero-order chi connectivity index (χ0) is 11.3. The van der Waals surface area contributed by atoms with Crippen molar-refractivity contribution in [3.63, 3.8) is 0 Å². The molecule has 0 unspecified atom stereocenters. The molecule has 0 aliphatic heterocycles. The molecule has 0 aromatic rings. The molecule has 0 N–H and O–H groups in total. The zero-order valence-electron chi connectivity index (χ0n) is 9.62. The maximum absolute atomic E-state index is 11.8. The molecule has 0 saturated heterocycles. The zero-order valence-corrected chi connectivity index (χ0v) is 9.62. The number of hydrogen-bond donors (Lipinski definition) is 0. The molecule has 86 valence electrons. The number of methoxy groups -OCH3 is 1. The van der Waals surface area contributed by atoms with Gasteiger partial charge in [0.2, 0.25) is 0 Å². The molecule has 0 amide bonds. The number of hydrogen-bond acceptors (Lipinski definition) is 3. The lowest BCUT2D eigenvalue weighted by molar-refractivity contribution is -0.156. The van der Waals surface area contributed by atoms with Crippen LogP contribution in [0, 0.1) is 11.3 Å². The lowest BCUT2D eigenvalue weighted by Crippen LogP contribution is -2.36. The molecule has 0 atom stereocenters. The van der Waals surface area contributed by atoms with E-state index < -0.39 is 0 Å². The smallest absolute Gasteiger partial charge is 0.311 e. The van der Waals surface area contributed by atoms with E-state index in [1.54, 1.807) is 0 Å². The van der Waals surface area contributed by atoms with Gasteiger partial charge < -0.3 is 9.53 Å². The van der Waals surface area contributed by atoms with Gasteiger partial charge in [-0.3, -0.25) is 4.79 Å². The summed E-state index contributed by atoms with van der Waals surface area (Å²) in [4.78, 5) is 22.4. The van der Waals surface area contributed by atoms with Crippen LogP contribution in [0.15, 0.2) is 0 Å². The first-order valence-electron chi connectivity index (χ1n) is 5.72. The first-order chi connectivity index (χ1) is 7.18. The van der Waals surface area contributed by atoms with Crippen LogP contribution in [0.2, 0.25) is 0 Å². The highest BCUT2D eigenvalue weighted by Gasteiger charge is 2.41. The van der Waals surface area contributed by atoms with Crippen molar-refractivity contribution in [3.8, 4) is 0 Å². The Kier molecular flexibility index (Phi) is 4.30. The fraction of sp³-hybridized carbons (Fsp3) is 0.833. The minimum absolute atomic E-state index is 0.0892. The van der Waals surface area contributed by atoms with Gasteiger partial charge in [-0.05, 0) is 32.1 Å². The van der Waals surface area contributed by atoms with Crippen LogP contribution in [-0.2, 0) is 14.3 Å². The Hall–Kier alpha value is -0.860. The number of esters is 1. The van der Waals surface area contributed by atoms with Gasteiger partial charge in [0.15, 0.2) is 0 Å². The second kappa shape index (κ2) is 5.29. The minimum Gasteiger partial charge on any atom is -0.469 e. The van der Waals surface area contributed by atoms with Crippen LogP contribution in [0.5, 0.6) is 0 Å². The van der Waals surface area contributed by atoms with E-state index >= 15 is 0 Å². The number of aldehydes is 1. The molecule has 3 heteroatoms. The van der Waals surface area contributed by atoms with Gasteiger partial charge in [0, 0.05) is 5.92 Å². The molecule has 1 aliphatic carbocycles. The number of carbonyl (C=O) groups is 2. The van der Waals surface area contributed by atoms with E-state index in [1.807, 2.05) is 0 Å². The Balaban J connectivity index is 2.68. The molecule has 1 aliphatic rings. The van der Waals surface area contributed by atoms with Crippen molar-refractivity contribution in [1.82, 2.24) is 0 Å². The predicted octanol–water partition coefficient (Wildman–Crippen LogP) is 2.33. The first-order valence-corrected chi connectivity index (χ1v) is 5.72. The molecular weight excluding hydrogens is 192 g/mol. The molecule has 1 saturated carbocycles. The number of ether oxygens (including phenoxy) is 1. The van der Waals surface area contributed by atoms with Crippen LogP contribution < -0.4 is 0 Å². The quantitative estimate of drug-likeness (QED) is 0.530. The van der Waals surface area contributed by atoms with Gasteiger partial charge in [-0.1, -0.05) is 13.3 Å². The highest BCUT2D eigenvalue weighted by atomic mass is 16.5. The summed E-state index contributed by atoms with van der Waals surface area (Å²) >= 11 is 0. The summed E-state index contributed by atoms with van der Waals surface area (Å²) in [5.74, 6) is 0.0633. The molecule has 1 fully saturated rings. The van der Waals surface area contributed by atoms with Gasteiger partial charge in [-0.15, -0.1) is 0 Å². The standard InChI is InChI=1S/C12H20O3/c1-3-6-12(11(14)15-2)7-4-10(9-13)5-8-12/h9-10H,3-8H2,1-2H3. The molecule has 0 radical (unpaired) electrons. The van der Waals surface area contributed by atoms with E-state index in [0.717, 1.165) is 44.8 Å². The van der Waals surface area contributed by atoms with E-state index in [4.69, 9.17) is 4.74 Å². The molecular formula is C12H20O3. The largest absolute Gasteiger partial charge is 0.469 e. The van der Waals surface area contributed by atoms with Gasteiger partial charge in [-0.2, -0.15) is 0 Å². The van der Waals surface area contributed by atoms with Crippen molar-refractivity contribution < 1.29 is 14.3 Å². The Morgan fingerprint density at radius 1 is 1.47 bits per heavy atom. The monoisotopic (exact) mass is 212 g/mol. The topological polar surface area (TPSA) is 43.4 Å². The van der Waals surface area contributed by atoms with Crippen molar-refractivity contribution in [2.75, 3.05) is 7.11 Å². The van der Waals surface area contributed by atoms with Gasteiger partial charge in [-0.25, -0.2) is 0 Å². The van der Waals surface area contributed by atoms with Crippen molar-refractivity contribution >= 4 is 12.3 Å². The molecule has 0 bridgehead atoms. The summed E-state index contributed by atoms with van der Waals surface area (Å²) in [5.41, 5.74) is -0.303. The molecule has 0 heterocycles. The third-order valence-electron chi connectivity index (χ3n) is 3.53.